The predicted octanol–water partition coefficient (Wildman–Crippen LogP) is 0.955. The zero-order chi connectivity index (χ0) is 11.8. The molecule has 2 aromatic rings. The normalized spacial score (nSPS) is 13.2. The van der Waals surface area contributed by atoms with Crippen LogP contribution in [-0.4, -0.2) is 34.2 Å². The topological polar surface area (TPSA) is 68.5 Å². The van der Waals surface area contributed by atoms with Crippen LogP contribution < -0.4 is 5.32 Å². The van der Waals surface area contributed by atoms with Crippen LogP contribution in [0.5, 0.6) is 0 Å². The molecule has 17 heavy (non-hydrogen) atoms. The smallest absolute Gasteiger partial charge is 0.358 e. The molecule has 0 spiro atoms. The first-order valence-electron chi connectivity index (χ1n) is 5.16. The van der Waals surface area contributed by atoms with Gasteiger partial charge in [-0.25, -0.2) is 14.3 Å². The Bertz CT molecular complexity index is 630. The quantitative estimate of drug-likeness (QED) is 0.739. The van der Waals surface area contributed by atoms with Crippen LogP contribution in [0.4, 0.5) is 5.82 Å². The molecule has 1 aliphatic heterocycles. The molecule has 3 heterocycles. The van der Waals surface area contributed by atoms with E-state index in [0.29, 0.717) is 12.4 Å². The van der Waals surface area contributed by atoms with Gasteiger partial charge in [0, 0.05) is 12.1 Å². The minimum atomic E-state index is -0.473. The molecular weight excluding hydrogens is 220 g/mol. The molecule has 0 radical (unpaired) electrons. The van der Waals surface area contributed by atoms with E-state index in [1.54, 1.807) is 16.9 Å². The summed E-state index contributed by atoms with van der Waals surface area (Å²) in [6.07, 6.45) is 7.27. The Hall–Kier alpha value is -2.37. The molecule has 0 bridgehead atoms. The fourth-order valence-corrected chi connectivity index (χ4v) is 1.83. The zero-order valence-electron chi connectivity index (χ0n) is 9.17. The maximum atomic E-state index is 11.5. The SMILES string of the molecule is COC(=O)c1cn2ncc3c2c(n1)NCC=C3. The largest absolute Gasteiger partial charge is 0.464 e. The van der Waals surface area contributed by atoms with Crippen LogP contribution in [0.1, 0.15) is 16.1 Å². The van der Waals surface area contributed by atoms with Crippen molar-refractivity contribution in [1.82, 2.24) is 14.6 Å². The summed E-state index contributed by atoms with van der Waals surface area (Å²) in [5.74, 6) is 0.171. The summed E-state index contributed by atoms with van der Waals surface area (Å²) in [5, 5.41) is 7.32. The number of nitrogens with one attached hydrogen (secondary N) is 1. The maximum absolute atomic E-state index is 11.5. The average Bonchev–Trinajstić information content (AvgIpc) is 2.64. The van der Waals surface area contributed by atoms with Crippen molar-refractivity contribution in [3.05, 3.63) is 29.7 Å². The lowest BCUT2D eigenvalue weighted by atomic mass is 10.2. The molecule has 0 fully saturated rings. The van der Waals surface area contributed by atoms with Gasteiger partial charge >= 0.3 is 5.97 Å². The van der Waals surface area contributed by atoms with Crippen molar-refractivity contribution in [3.63, 3.8) is 0 Å². The van der Waals surface area contributed by atoms with Crippen molar-refractivity contribution >= 4 is 23.4 Å². The van der Waals surface area contributed by atoms with Gasteiger partial charge in [0.2, 0.25) is 0 Å². The molecule has 0 atom stereocenters. The van der Waals surface area contributed by atoms with Gasteiger partial charge in [-0.15, -0.1) is 0 Å². The van der Waals surface area contributed by atoms with Crippen molar-refractivity contribution in [2.24, 2.45) is 0 Å². The van der Waals surface area contributed by atoms with Gasteiger partial charge in [0.05, 0.1) is 19.5 Å². The van der Waals surface area contributed by atoms with Gasteiger partial charge in [-0.2, -0.15) is 5.10 Å². The number of hydrogen-bond donors (Lipinski definition) is 1. The van der Waals surface area contributed by atoms with Crippen molar-refractivity contribution in [2.75, 3.05) is 19.0 Å². The summed E-state index contributed by atoms with van der Waals surface area (Å²) in [7, 11) is 1.33. The first-order chi connectivity index (χ1) is 8.29. The third-order valence-electron chi connectivity index (χ3n) is 2.60. The maximum Gasteiger partial charge on any atom is 0.358 e. The van der Waals surface area contributed by atoms with Crippen molar-refractivity contribution < 1.29 is 9.53 Å². The molecule has 6 heteroatoms. The summed E-state index contributed by atoms with van der Waals surface area (Å²) in [4.78, 5) is 15.7. The second-order valence-electron chi connectivity index (χ2n) is 3.64. The number of nitrogens with zero attached hydrogens (tertiary/aromatic N) is 3. The lowest BCUT2D eigenvalue weighted by Gasteiger charge is -2.06. The number of aromatic nitrogens is 3. The highest BCUT2D eigenvalue weighted by atomic mass is 16.5. The minimum absolute atomic E-state index is 0.235. The van der Waals surface area contributed by atoms with Gasteiger partial charge < -0.3 is 10.1 Å². The lowest BCUT2D eigenvalue weighted by molar-refractivity contribution is 0.0593. The van der Waals surface area contributed by atoms with E-state index in [2.05, 4.69) is 20.1 Å². The molecule has 2 aromatic heterocycles. The summed E-state index contributed by atoms with van der Waals surface area (Å²) in [6.45, 7) is 0.669. The van der Waals surface area contributed by atoms with Gasteiger partial charge in [-0.1, -0.05) is 12.2 Å². The van der Waals surface area contributed by atoms with Crippen LogP contribution in [0.15, 0.2) is 18.5 Å². The van der Waals surface area contributed by atoms with E-state index >= 15 is 0 Å². The number of ether oxygens (including phenoxy) is 1. The number of rotatable bonds is 1. The van der Waals surface area contributed by atoms with Crippen molar-refractivity contribution in [1.29, 1.82) is 0 Å². The molecule has 0 amide bonds. The fraction of sp³-hybridized carbons (Fsp3) is 0.182. The van der Waals surface area contributed by atoms with Gasteiger partial charge in [-0.05, 0) is 0 Å². The van der Waals surface area contributed by atoms with Gasteiger partial charge in [0.1, 0.15) is 5.52 Å². The Kier molecular flexibility index (Phi) is 2.07. The van der Waals surface area contributed by atoms with Crippen molar-refractivity contribution in [3.8, 4) is 0 Å². The highest BCUT2D eigenvalue weighted by Crippen LogP contribution is 2.23. The summed E-state index contributed by atoms with van der Waals surface area (Å²) < 4.78 is 6.29. The zero-order valence-corrected chi connectivity index (χ0v) is 9.17. The van der Waals surface area contributed by atoms with Gasteiger partial charge in [-0.3, -0.25) is 0 Å². The second kappa shape index (κ2) is 3.58. The van der Waals surface area contributed by atoms with Crippen LogP contribution in [0.25, 0.3) is 11.6 Å². The van der Waals surface area contributed by atoms with E-state index in [-0.39, 0.29) is 5.69 Å². The Labute approximate surface area is 96.9 Å². The van der Waals surface area contributed by atoms with E-state index in [0.717, 1.165) is 11.1 Å². The summed E-state index contributed by atoms with van der Waals surface area (Å²) >= 11 is 0. The number of methoxy groups -OCH3 is 1. The number of carbonyl (C=O) groups excluding carboxylic acids is 1. The van der Waals surface area contributed by atoms with Crippen LogP contribution >= 0.6 is 0 Å². The molecule has 1 aliphatic rings. The molecule has 86 valence electrons. The number of hydrogen-bond acceptors (Lipinski definition) is 5. The molecule has 0 unspecified atom stereocenters. The highest BCUT2D eigenvalue weighted by Gasteiger charge is 2.16. The van der Waals surface area contributed by atoms with Crippen LogP contribution in [0.2, 0.25) is 0 Å². The number of anilines is 1. The predicted molar refractivity (Wildman–Crippen MR) is 61.9 cm³/mol. The standard InChI is InChI=1S/C11H10N4O2/c1-17-11(16)8-6-15-9-7(5-13-15)3-2-4-12-10(9)14-8/h2-3,5-6H,4H2,1H3,(H,12,14). The minimum Gasteiger partial charge on any atom is -0.464 e. The molecule has 0 saturated carbocycles. The molecule has 0 saturated heterocycles. The van der Waals surface area contributed by atoms with Gasteiger partial charge in [0.15, 0.2) is 11.5 Å². The number of esters is 1. The van der Waals surface area contributed by atoms with Crippen LogP contribution in [-0.2, 0) is 4.74 Å². The molecule has 6 nitrogen and oxygen atoms in total. The number of carbonyl (C=O) groups is 1. The van der Waals surface area contributed by atoms with Gasteiger partial charge in [0.25, 0.3) is 0 Å². The molecule has 0 aliphatic carbocycles. The van der Waals surface area contributed by atoms with E-state index in [9.17, 15) is 4.79 Å². The Balaban J connectivity index is 2.27. The van der Waals surface area contributed by atoms with E-state index in [1.165, 1.54) is 7.11 Å². The van der Waals surface area contributed by atoms with Crippen LogP contribution in [0.3, 0.4) is 0 Å². The lowest BCUT2D eigenvalue weighted by Crippen LogP contribution is -2.10. The van der Waals surface area contributed by atoms with Crippen molar-refractivity contribution in [2.45, 2.75) is 0 Å². The Morgan fingerprint density at radius 1 is 1.59 bits per heavy atom. The third kappa shape index (κ3) is 1.45. The second-order valence-corrected chi connectivity index (χ2v) is 3.64. The van der Waals surface area contributed by atoms with E-state index < -0.39 is 5.97 Å². The monoisotopic (exact) mass is 230 g/mol. The molecule has 3 rings (SSSR count). The van der Waals surface area contributed by atoms with E-state index in [1.807, 2.05) is 12.2 Å². The Morgan fingerprint density at radius 3 is 3.29 bits per heavy atom. The first-order valence-corrected chi connectivity index (χ1v) is 5.16. The molecule has 0 aromatic carbocycles. The average molecular weight is 230 g/mol. The third-order valence-corrected chi connectivity index (χ3v) is 2.60. The first kappa shape index (κ1) is 9.83. The highest BCUT2D eigenvalue weighted by molar-refractivity contribution is 5.90. The molecular formula is C11H10N4O2. The molecule has 1 N–H and O–H groups in total. The van der Waals surface area contributed by atoms with Crippen LogP contribution in [0, 0.1) is 0 Å². The Morgan fingerprint density at radius 2 is 2.47 bits per heavy atom. The fourth-order valence-electron chi connectivity index (χ4n) is 1.83. The summed E-state index contributed by atoms with van der Waals surface area (Å²) in [6, 6.07) is 0. The van der Waals surface area contributed by atoms with E-state index in [4.69, 9.17) is 0 Å². The summed E-state index contributed by atoms with van der Waals surface area (Å²) in [5.41, 5.74) is 2.08.